The van der Waals surface area contributed by atoms with Crippen LogP contribution in [0.1, 0.15) is 53.5 Å². The molecule has 0 spiro atoms. The van der Waals surface area contributed by atoms with E-state index in [0.29, 0.717) is 19.8 Å². The molecule has 0 heterocycles. The predicted molar refractivity (Wildman–Crippen MR) is 224 cm³/mol. The summed E-state index contributed by atoms with van der Waals surface area (Å²) in [6.45, 7) is 19.1. The Morgan fingerprint density at radius 1 is 0.519 bits per heavy atom. The van der Waals surface area contributed by atoms with E-state index in [-0.39, 0.29) is 12.2 Å². The Balaban J connectivity index is 1.27. The van der Waals surface area contributed by atoms with Crippen molar-refractivity contribution in [3.8, 4) is 5.75 Å². The van der Waals surface area contributed by atoms with Crippen molar-refractivity contribution in [2.75, 3.05) is 31.2 Å². The fraction of sp³-hybridized carbons (Fsp3) is 0.234. The lowest BCUT2D eigenvalue weighted by Crippen LogP contribution is -2.26. The second kappa shape index (κ2) is 22.8. The highest BCUT2D eigenvalue weighted by atomic mass is 28.1. The minimum Gasteiger partial charge on any atom is -0.489 e. The molecule has 0 atom stereocenters. The zero-order valence-corrected chi connectivity index (χ0v) is 31.4. The summed E-state index contributed by atoms with van der Waals surface area (Å²) in [5.41, 5.74) is 6.96. The SMILES string of the molecule is C=CC(C=C)OCCCCN(CCCCOC(C=C)C=C)c1ccc(/C=C/c2ccc(/C=C/c3ccc(OCc4ccc([Si])cc4)cc3)cc2)cc1. The van der Waals surface area contributed by atoms with Gasteiger partial charge in [0.2, 0.25) is 0 Å². The van der Waals surface area contributed by atoms with Gasteiger partial charge in [-0.3, -0.25) is 0 Å². The van der Waals surface area contributed by atoms with Crippen molar-refractivity contribution in [3.63, 3.8) is 0 Å². The molecular weight excluding hydrogens is 655 g/mol. The molecule has 4 aromatic rings. The van der Waals surface area contributed by atoms with Crippen LogP contribution >= 0.6 is 0 Å². The third-order valence-electron chi connectivity index (χ3n) is 8.57. The first-order valence-electron chi connectivity index (χ1n) is 18.1. The van der Waals surface area contributed by atoms with Gasteiger partial charge >= 0.3 is 0 Å². The van der Waals surface area contributed by atoms with E-state index in [4.69, 9.17) is 14.2 Å². The number of unbranched alkanes of at least 4 members (excludes halogenated alkanes) is 2. The Hall–Kier alpha value is -4.94. The van der Waals surface area contributed by atoms with E-state index < -0.39 is 0 Å². The van der Waals surface area contributed by atoms with E-state index in [0.717, 1.165) is 72.0 Å². The molecule has 4 rings (SSSR count). The second-order valence-electron chi connectivity index (χ2n) is 12.5. The normalized spacial score (nSPS) is 11.4. The van der Waals surface area contributed by atoms with Crippen LogP contribution in [0.2, 0.25) is 0 Å². The third kappa shape index (κ3) is 14.4. The lowest BCUT2D eigenvalue weighted by molar-refractivity contribution is 0.112. The first-order chi connectivity index (χ1) is 25.5. The molecule has 0 amide bonds. The van der Waals surface area contributed by atoms with Gasteiger partial charge in [0, 0.05) is 32.0 Å². The summed E-state index contributed by atoms with van der Waals surface area (Å²) >= 11 is 0. The summed E-state index contributed by atoms with van der Waals surface area (Å²) in [5.74, 6) is 0.856. The number of hydrogen-bond acceptors (Lipinski definition) is 4. The van der Waals surface area contributed by atoms with E-state index in [1.807, 2.05) is 24.3 Å². The van der Waals surface area contributed by atoms with Gasteiger partial charge in [0.25, 0.3) is 0 Å². The smallest absolute Gasteiger partial charge is 0.119 e. The van der Waals surface area contributed by atoms with Crippen LogP contribution in [0, 0.1) is 0 Å². The number of benzene rings is 4. The number of hydrogen-bond donors (Lipinski definition) is 0. The van der Waals surface area contributed by atoms with Crippen LogP contribution in [0.15, 0.2) is 148 Å². The molecule has 52 heavy (non-hydrogen) atoms. The van der Waals surface area contributed by atoms with Gasteiger partial charge in [0.1, 0.15) is 12.4 Å². The van der Waals surface area contributed by atoms with Crippen LogP contribution in [0.3, 0.4) is 0 Å². The maximum Gasteiger partial charge on any atom is 0.119 e. The molecule has 0 bridgehead atoms. The fourth-order valence-electron chi connectivity index (χ4n) is 5.43. The topological polar surface area (TPSA) is 30.9 Å². The van der Waals surface area contributed by atoms with Crippen molar-refractivity contribution in [1.29, 1.82) is 0 Å². The van der Waals surface area contributed by atoms with Gasteiger partial charge in [-0.15, -0.1) is 26.3 Å². The Morgan fingerprint density at radius 2 is 0.923 bits per heavy atom. The monoisotopic (exact) mass is 706 g/mol. The van der Waals surface area contributed by atoms with Crippen molar-refractivity contribution < 1.29 is 14.2 Å². The van der Waals surface area contributed by atoms with E-state index >= 15 is 0 Å². The van der Waals surface area contributed by atoms with E-state index in [1.54, 1.807) is 24.3 Å². The lowest BCUT2D eigenvalue weighted by atomic mass is 10.1. The Kier molecular flexibility index (Phi) is 17.5. The molecule has 0 aliphatic heterocycles. The van der Waals surface area contributed by atoms with Crippen LogP contribution in [-0.4, -0.2) is 48.8 Å². The first kappa shape index (κ1) is 39.8. The standard InChI is InChI=1S/C47H52NO3Si/c1-5-44(6-2)49-35-11-9-33-48(34-10-12-36-50-45(7-3)8-4)43-27-21-40(22-28-43)19-17-38-13-15-39(16-14-38)18-20-41-23-29-46(30-24-41)51-37-42-25-31-47(52)32-26-42/h5-8,13-32,44-45H,1-4,9-12,33-37H2/b19-17+,20-18+. The number of ether oxygens (including phenoxy) is 3. The zero-order valence-electron chi connectivity index (χ0n) is 30.4. The highest BCUT2D eigenvalue weighted by Gasteiger charge is 2.08. The molecule has 4 aromatic carbocycles. The third-order valence-corrected chi connectivity index (χ3v) is 8.90. The Morgan fingerprint density at radius 3 is 1.35 bits per heavy atom. The van der Waals surface area contributed by atoms with Crippen LogP contribution in [0.25, 0.3) is 24.3 Å². The number of nitrogens with zero attached hydrogens (tertiary/aromatic N) is 1. The van der Waals surface area contributed by atoms with Gasteiger partial charge in [-0.2, -0.15) is 0 Å². The lowest BCUT2D eigenvalue weighted by Gasteiger charge is -2.25. The molecule has 0 N–H and O–H groups in total. The zero-order chi connectivity index (χ0) is 36.8. The molecule has 0 aliphatic carbocycles. The molecule has 267 valence electrons. The van der Waals surface area contributed by atoms with Crippen LogP contribution < -0.4 is 14.8 Å². The fourth-order valence-corrected chi connectivity index (χ4v) is 5.59. The molecule has 0 saturated carbocycles. The van der Waals surface area contributed by atoms with Crippen molar-refractivity contribution in [2.45, 2.75) is 44.5 Å². The highest BCUT2D eigenvalue weighted by Crippen LogP contribution is 2.20. The van der Waals surface area contributed by atoms with Crippen LogP contribution in [0.4, 0.5) is 5.69 Å². The summed E-state index contributed by atoms with van der Waals surface area (Å²) in [6, 6.07) is 33.8. The van der Waals surface area contributed by atoms with Crippen molar-refractivity contribution in [1.82, 2.24) is 0 Å². The molecule has 0 aromatic heterocycles. The average Bonchev–Trinajstić information content (AvgIpc) is 3.19. The van der Waals surface area contributed by atoms with Gasteiger partial charge < -0.3 is 19.1 Å². The summed E-state index contributed by atoms with van der Waals surface area (Å²) in [5, 5.41) is 1.06. The quantitative estimate of drug-likeness (QED) is 0.0314. The summed E-state index contributed by atoms with van der Waals surface area (Å²) in [6.07, 6.45) is 19.5. The number of rotatable bonds is 24. The minimum absolute atomic E-state index is 0.0918. The van der Waals surface area contributed by atoms with Crippen LogP contribution in [0.5, 0.6) is 5.75 Å². The maximum atomic E-state index is 5.94. The molecule has 0 saturated heterocycles. The largest absolute Gasteiger partial charge is 0.489 e. The summed E-state index contributed by atoms with van der Waals surface area (Å²) < 4.78 is 17.6. The van der Waals surface area contributed by atoms with Gasteiger partial charge in [-0.25, -0.2) is 0 Å². The second-order valence-corrected chi connectivity index (χ2v) is 13.1. The molecule has 0 fully saturated rings. The molecule has 0 unspecified atom stereocenters. The Bertz CT molecular complexity index is 1660. The van der Waals surface area contributed by atoms with Crippen molar-refractivity contribution >= 4 is 45.4 Å². The van der Waals surface area contributed by atoms with Crippen molar-refractivity contribution in [2.24, 2.45) is 0 Å². The van der Waals surface area contributed by atoms with Crippen molar-refractivity contribution in [3.05, 3.63) is 175 Å². The molecule has 4 nitrogen and oxygen atoms in total. The summed E-state index contributed by atoms with van der Waals surface area (Å²) in [7, 11) is 3.52. The van der Waals surface area contributed by atoms with Gasteiger partial charge in [0.05, 0.1) is 22.5 Å². The average molecular weight is 707 g/mol. The van der Waals surface area contributed by atoms with Crippen LogP contribution in [-0.2, 0) is 16.1 Å². The van der Waals surface area contributed by atoms with Gasteiger partial charge in [0.15, 0.2) is 0 Å². The Labute approximate surface area is 315 Å². The molecule has 3 radical (unpaired) electrons. The molecular formula is C47H52NO3Si. The molecule has 0 aliphatic rings. The van der Waals surface area contributed by atoms with E-state index in [1.165, 1.54) is 11.3 Å². The maximum absolute atomic E-state index is 5.94. The van der Waals surface area contributed by atoms with E-state index in [2.05, 4.69) is 139 Å². The molecule has 5 heteroatoms. The predicted octanol–water partition coefficient (Wildman–Crippen LogP) is 10.3. The first-order valence-corrected chi connectivity index (χ1v) is 18.6. The van der Waals surface area contributed by atoms with E-state index in [9.17, 15) is 0 Å². The minimum atomic E-state index is -0.0918. The van der Waals surface area contributed by atoms with Gasteiger partial charge in [-0.1, -0.05) is 127 Å². The van der Waals surface area contributed by atoms with Gasteiger partial charge in [-0.05, 0) is 77.8 Å². The highest BCUT2D eigenvalue weighted by molar-refractivity contribution is 6.32. The number of anilines is 1. The summed E-state index contributed by atoms with van der Waals surface area (Å²) in [4.78, 5) is 2.46.